The molecule has 0 amide bonds. The fourth-order valence-electron chi connectivity index (χ4n) is 7.24. The van der Waals surface area contributed by atoms with E-state index in [4.69, 9.17) is 18.9 Å². The zero-order valence-corrected chi connectivity index (χ0v) is 24.4. The second-order valence-electron chi connectivity index (χ2n) is 12.2. The van der Waals surface area contributed by atoms with Crippen molar-refractivity contribution in [2.24, 2.45) is 0 Å². The van der Waals surface area contributed by atoms with Gasteiger partial charge in [-0.1, -0.05) is 0 Å². The summed E-state index contributed by atoms with van der Waals surface area (Å²) in [6, 6.07) is 1.58. The fraction of sp³-hybridized carbons (Fsp3) is 0.500. The minimum atomic E-state index is -1.71. The third-order valence-electron chi connectivity index (χ3n) is 9.37. The highest BCUT2D eigenvalue weighted by Gasteiger charge is 2.59. The van der Waals surface area contributed by atoms with Crippen LogP contribution < -0.4 is 4.74 Å². The Morgan fingerprint density at radius 1 is 1.05 bits per heavy atom. The van der Waals surface area contributed by atoms with Crippen LogP contribution in [-0.2, 0) is 24.6 Å². The summed E-state index contributed by atoms with van der Waals surface area (Å²) in [5.41, 5.74) is -4.63. The molecular formula is C30H33NO12. The number of carbonyl (C=O) groups is 3. The molecule has 43 heavy (non-hydrogen) atoms. The van der Waals surface area contributed by atoms with Crippen LogP contribution in [0, 0.1) is 0 Å². The van der Waals surface area contributed by atoms with Crippen molar-refractivity contribution >= 4 is 17.5 Å². The zero-order valence-electron chi connectivity index (χ0n) is 24.4. The maximum Gasteiger partial charge on any atom is 0.316 e. The predicted octanol–water partition coefficient (Wildman–Crippen LogP) is 0.588. The van der Waals surface area contributed by atoms with Crippen molar-refractivity contribution in [1.29, 1.82) is 0 Å². The van der Waals surface area contributed by atoms with Gasteiger partial charge in [0.25, 0.3) is 0 Å². The van der Waals surface area contributed by atoms with E-state index in [2.05, 4.69) is 0 Å². The molecule has 0 unspecified atom stereocenters. The number of methoxy groups -OCH3 is 2. The van der Waals surface area contributed by atoms with Gasteiger partial charge in [-0.2, -0.15) is 0 Å². The number of nitrogens with zero attached hydrogens (tertiary/aromatic N) is 1. The van der Waals surface area contributed by atoms with Crippen molar-refractivity contribution in [2.75, 3.05) is 28.3 Å². The first-order valence-electron chi connectivity index (χ1n) is 13.7. The van der Waals surface area contributed by atoms with E-state index < -0.39 is 87.9 Å². The molecule has 8 atom stereocenters. The maximum absolute atomic E-state index is 14.3. The number of rotatable bonds is 3. The van der Waals surface area contributed by atoms with Crippen LogP contribution in [0.5, 0.6) is 17.2 Å². The minimum Gasteiger partial charge on any atom is -0.507 e. The number of fused-ring (bicyclic) bond motifs is 8. The molecule has 0 spiro atoms. The molecule has 2 aromatic rings. The number of aliphatic hydroxyl groups excluding tert-OH is 2. The molecule has 2 bridgehead atoms. The number of aliphatic hydroxyl groups is 3. The van der Waals surface area contributed by atoms with Crippen molar-refractivity contribution in [3.8, 4) is 17.2 Å². The van der Waals surface area contributed by atoms with Crippen LogP contribution in [0.25, 0.3) is 0 Å². The molecule has 5 N–H and O–H groups in total. The molecular weight excluding hydrogens is 566 g/mol. The second-order valence-corrected chi connectivity index (χ2v) is 12.2. The first kappa shape index (κ1) is 29.5. The van der Waals surface area contributed by atoms with E-state index in [1.807, 2.05) is 0 Å². The van der Waals surface area contributed by atoms with Gasteiger partial charge in [0.2, 0.25) is 12.1 Å². The smallest absolute Gasteiger partial charge is 0.316 e. The zero-order chi connectivity index (χ0) is 31.5. The lowest BCUT2D eigenvalue weighted by atomic mass is 9.68. The highest BCUT2D eigenvalue weighted by Crippen LogP contribution is 2.55. The number of hydrogen-bond acceptors (Lipinski definition) is 13. The Kier molecular flexibility index (Phi) is 6.48. The van der Waals surface area contributed by atoms with Gasteiger partial charge < -0.3 is 49.4 Å². The predicted molar refractivity (Wildman–Crippen MR) is 145 cm³/mol. The average molecular weight is 600 g/mol. The number of phenolic OH excluding ortho intramolecular Hbond substituents is 2. The quantitative estimate of drug-likeness (QED) is 0.263. The van der Waals surface area contributed by atoms with Gasteiger partial charge in [0, 0.05) is 30.2 Å². The van der Waals surface area contributed by atoms with E-state index in [9.17, 15) is 39.9 Å². The number of hydrogen-bond donors (Lipinski definition) is 5. The molecule has 13 heteroatoms. The third kappa shape index (κ3) is 3.76. The first-order chi connectivity index (χ1) is 20.1. The van der Waals surface area contributed by atoms with E-state index in [1.54, 1.807) is 19.0 Å². The summed E-state index contributed by atoms with van der Waals surface area (Å²) in [6.45, 7) is 2.93. The lowest BCUT2D eigenvalue weighted by molar-refractivity contribution is -0.311. The third-order valence-corrected chi connectivity index (χ3v) is 9.37. The standard InChI is InChI=1S/C30H33NO12/c1-29(39)9-14(40-5)15-10(19(29)27(38)41-6)7-11-16(22(15)34)23(35)17-13(32)8-12-25(18(17)21(11)33)42-28-24(36)20(31(3)4)26(37)30(12,2)43-28/h7-8,14,19-20,24,26,28,32,34,36-37,39H,9H2,1-6H3/t14-,19+,20-,24+,26-,28-,29-,30+/m0/s1. The van der Waals surface area contributed by atoms with Crippen LogP contribution in [0.2, 0.25) is 0 Å². The van der Waals surface area contributed by atoms with Crippen molar-refractivity contribution in [3.05, 3.63) is 51.1 Å². The Bertz CT molecular complexity index is 1600. The molecule has 2 aliphatic heterocycles. The highest BCUT2D eigenvalue weighted by molar-refractivity contribution is 6.31. The van der Waals surface area contributed by atoms with Gasteiger partial charge in [-0.15, -0.1) is 0 Å². The number of likely N-dealkylation sites (N-methyl/N-ethyl adjacent to an activating group) is 1. The van der Waals surface area contributed by atoms with Crippen molar-refractivity contribution < 1.29 is 58.9 Å². The molecule has 2 aliphatic carbocycles. The van der Waals surface area contributed by atoms with E-state index >= 15 is 0 Å². The van der Waals surface area contributed by atoms with Crippen LogP contribution in [0.4, 0.5) is 0 Å². The van der Waals surface area contributed by atoms with Crippen LogP contribution >= 0.6 is 0 Å². The Balaban J connectivity index is 1.61. The van der Waals surface area contributed by atoms with Crippen LogP contribution in [-0.4, -0.2) is 106 Å². The van der Waals surface area contributed by atoms with Gasteiger partial charge in [0.1, 0.15) is 41.0 Å². The molecule has 0 aromatic heterocycles. The molecule has 1 fully saturated rings. The van der Waals surface area contributed by atoms with Gasteiger partial charge in [-0.05, 0) is 45.6 Å². The molecule has 2 heterocycles. The number of benzene rings is 2. The number of aromatic hydroxyl groups is 2. The van der Waals surface area contributed by atoms with E-state index in [1.165, 1.54) is 33.1 Å². The average Bonchev–Trinajstić information content (AvgIpc) is 2.93. The summed E-state index contributed by atoms with van der Waals surface area (Å²) in [5, 5.41) is 56.3. The van der Waals surface area contributed by atoms with Crippen LogP contribution in [0.3, 0.4) is 0 Å². The summed E-state index contributed by atoms with van der Waals surface area (Å²) < 4.78 is 22.4. The van der Waals surface area contributed by atoms with Gasteiger partial charge in [-0.3, -0.25) is 14.4 Å². The summed E-state index contributed by atoms with van der Waals surface area (Å²) in [7, 11) is 5.79. The largest absolute Gasteiger partial charge is 0.507 e. The molecule has 2 aromatic carbocycles. The Morgan fingerprint density at radius 2 is 1.72 bits per heavy atom. The van der Waals surface area contributed by atoms with Gasteiger partial charge in [-0.25, -0.2) is 0 Å². The monoisotopic (exact) mass is 599 g/mol. The molecule has 6 rings (SSSR count). The molecule has 230 valence electrons. The molecule has 4 aliphatic rings. The molecule has 0 radical (unpaired) electrons. The maximum atomic E-state index is 14.3. The topological polar surface area (TPSA) is 193 Å². The Labute approximate surface area is 246 Å². The van der Waals surface area contributed by atoms with Crippen molar-refractivity contribution in [1.82, 2.24) is 4.90 Å². The Hall–Kier alpha value is -3.59. The Morgan fingerprint density at radius 3 is 2.33 bits per heavy atom. The normalized spacial score (nSPS) is 34.1. The fourth-order valence-corrected chi connectivity index (χ4v) is 7.24. The molecule has 0 saturated carbocycles. The summed E-state index contributed by atoms with van der Waals surface area (Å²) in [6.07, 6.45) is -5.13. The van der Waals surface area contributed by atoms with Crippen LogP contribution in [0.15, 0.2) is 12.1 Å². The molecule has 13 nitrogen and oxygen atoms in total. The number of phenols is 2. The SMILES string of the molecule is COC(=O)[C@H]1c2cc3c(c(O)c2[C@@H](OC)C[C@]1(C)O)C(=O)c1c(O)cc2c(c1C3=O)O[C@H]1O[C@@]2(C)[C@@H](O)[C@@H](N(C)C)[C@H]1O. The molecule has 1 saturated heterocycles. The van der Waals surface area contributed by atoms with E-state index in [0.29, 0.717) is 0 Å². The van der Waals surface area contributed by atoms with Crippen molar-refractivity contribution in [2.45, 2.75) is 68.0 Å². The van der Waals surface area contributed by atoms with E-state index in [0.717, 1.165) is 7.11 Å². The summed E-state index contributed by atoms with van der Waals surface area (Å²) >= 11 is 0. The highest BCUT2D eigenvalue weighted by atomic mass is 16.7. The minimum absolute atomic E-state index is 0.0394. The number of esters is 1. The van der Waals surface area contributed by atoms with E-state index in [-0.39, 0.29) is 40.0 Å². The van der Waals surface area contributed by atoms with Gasteiger partial charge in [0.05, 0.1) is 41.5 Å². The van der Waals surface area contributed by atoms with Gasteiger partial charge >= 0.3 is 5.97 Å². The second kappa shape index (κ2) is 9.45. The summed E-state index contributed by atoms with van der Waals surface area (Å²) in [5.74, 6) is -5.32. The van der Waals surface area contributed by atoms with Gasteiger partial charge in [0.15, 0.2) is 5.78 Å². The summed E-state index contributed by atoms with van der Waals surface area (Å²) in [4.78, 5) is 42.8. The number of ketones is 2. The van der Waals surface area contributed by atoms with Crippen molar-refractivity contribution in [3.63, 3.8) is 0 Å². The number of ether oxygens (including phenoxy) is 4. The van der Waals surface area contributed by atoms with Crippen LogP contribution in [0.1, 0.15) is 80.8 Å². The lowest BCUT2D eigenvalue weighted by Crippen LogP contribution is -2.68. The lowest BCUT2D eigenvalue weighted by Gasteiger charge is -2.53. The number of carbonyl (C=O) groups excluding carboxylic acids is 3. The first-order valence-corrected chi connectivity index (χ1v) is 13.7.